The van der Waals surface area contributed by atoms with Crippen LogP contribution in [-0.4, -0.2) is 51.9 Å². The molecule has 2 N–H and O–H groups in total. The smallest absolute Gasteiger partial charge is 0.304 e. The minimum Gasteiger partial charge on any atom is -0.481 e. The Balaban J connectivity index is 2.35. The van der Waals surface area contributed by atoms with Crippen LogP contribution in [0.15, 0.2) is 34.1 Å². The Labute approximate surface area is 135 Å². The Kier molecular flexibility index (Phi) is 5.40. The summed E-state index contributed by atoms with van der Waals surface area (Å²) in [5.41, 5.74) is 0. The molecule has 1 fully saturated rings. The second kappa shape index (κ2) is 6.95. The van der Waals surface area contributed by atoms with Crippen LogP contribution < -0.4 is 4.72 Å². The zero-order valence-corrected chi connectivity index (χ0v) is 13.9. The fraction of sp³-hybridized carbons (Fsp3) is 0.462. The largest absolute Gasteiger partial charge is 0.481 e. The van der Waals surface area contributed by atoms with E-state index in [0.717, 1.165) is 12.8 Å². The molecule has 128 valence electrons. The molecule has 0 aliphatic carbocycles. The molecule has 23 heavy (non-hydrogen) atoms. The van der Waals surface area contributed by atoms with Crippen LogP contribution in [0.4, 0.5) is 0 Å². The van der Waals surface area contributed by atoms with E-state index in [9.17, 15) is 21.6 Å². The maximum Gasteiger partial charge on any atom is 0.304 e. The molecule has 0 aromatic heterocycles. The first-order valence-electron chi connectivity index (χ1n) is 7.06. The molecular weight excluding hydrogens is 344 g/mol. The maximum atomic E-state index is 12.6. The van der Waals surface area contributed by atoms with Gasteiger partial charge in [0.25, 0.3) is 0 Å². The zero-order chi connectivity index (χ0) is 17.1. The van der Waals surface area contributed by atoms with Gasteiger partial charge in [-0.15, -0.1) is 0 Å². The van der Waals surface area contributed by atoms with E-state index in [0.29, 0.717) is 13.1 Å². The summed E-state index contributed by atoms with van der Waals surface area (Å²) in [4.78, 5) is 9.83. The molecule has 1 aromatic rings. The van der Waals surface area contributed by atoms with Crippen molar-refractivity contribution in [1.82, 2.24) is 9.03 Å². The standard InChI is InChI=1S/C13H18N2O6S2/c16-13(17)7-8-14-22(18,19)11-5-1-2-6-12(11)23(20,21)15-9-3-4-10-15/h1-2,5-6,14H,3-4,7-10H2,(H,16,17). The Bertz CT molecular complexity index is 782. The number of benzene rings is 1. The van der Waals surface area contributed by atoms with Gasteiger partial charge in [0.1, 0.15) is 9.79 Å². The van der Waals surface area contributed by atoms with Gasteiger partial charge in [0, 0.05) is 19.6 Å². The number of hydrogen-bond donors (Lipinski definition) is 2. The van der Waals surface area contributed by atoms with Crippen molar-refractivity contribution in [3.05, 3.63) is 24.3 Å². The molecule has 0 bridgehead atoms. The third-order valence-electron chi connectivity index (χ3n) is 3.45. The van der Waals surface area contributed by atoms with E-state index in [1.807, 2.05) is 0 Å². The molecule has 0 amide bonds. The van der Waals surface area contributed by atoms with Gasteiger partial charge in [-0.1, -0.05) is 12.1 Å². The second-order valence-corrected chi connectivity index (χ2v) is 8.74. The van der Waals surface area contributed by atoms with Crippen LogP contribution in [0.2, 0.25) is 0 Å². The number of aliphatic carboxylic acids is 1. The van der Waals surface area contributed by atoms with Crippen LogP contribution in [0.1, 0.15) is 19.3 Å². The van der Waals surface area contributed by atoms with E-state index < -0.39 is 26.0 Å². The third kappa shape index (κ3) is 4.08. The fourth-order valence-corrected chi connectivity index (χ4v) is 5.67. The van der Waals surface area contributed by atoms with Crippen molar-refractivity contribution in [2.24, 2.45) is 0 Å². The minimum atomic E-state index is -4.12. The highest BCUT2D eigenvalue weighted by Gasteiger charge is 2.32. The summed E-state index contributed by atoms with van der Waals surface area (Å²) < 4.78 is 53.2. The molecule has 1 aliphatic rings. The van der Waals surface area contributed by atoms with Gasteiger partial charge in [-0.25, -0.2) is 21.6 Å². The van der Waals surface area contributed by atoms with Gasteiger partial charge in [-0.3, -0.25) is 4.79 Å². The van der Waals surface area contributed by atoms with Gasteiger partial charge in [0.15, 0.2) is 0 Å². The molecule has 0 atom stereocenters. The zero-order valence-electron chi connectivity index (χ0n) is 12.3. The predicted molar refractivity (Wildman–Crippen MR) is 81.9 cm³/mol. The van der Waals surface area contributed by atoms with Crippen molar-refractivity contribution in [2.45, 2.75) is 29.1 Å². The van der Waals surface area contributed by atoms with Crippen LogP contribution >= 0.6 is 0 Å². The lowest BCUT2D eigenvalue weighted by Crippen LogP contribution is -2.32. The first kappa shape index (κ1) is 17.9. The Morgan fingerprint density at radius 3 is 2.22 bits per heavy atom. The third-order valence-corrected chi connectivity index (χ3v) is 7.06. The van der Waals surface area contributed by atoms with E-state index in [1.165, 1.54) is 28.6 Å². The molecule has 0 unspecified atom stereocenters. The number of hydrogen-bond acceptors (Lipinski definition) is 5. The molecule has 2 rings (SSSR count). The van der Waals surface area contributed by atoms with Crippen molar-refractivity contribution >= 4 is 26.0 Å². The number of carbonyl (C=O) groups is 1. The summed E-state index contributed by atoms with van der Waals surface area (Å²) >= 11 is 0. The summed E-state index contributed by atoms with van der Waals surface area (Å²) in [5.74, 6) is -1.15. The van der Waals surface area contributed by atoms with Crippen LogP contribution in [0.5, 0.6) is 0 Å². The van der Waals surface area contributed by atoms with Gasteiger partial charge < -0.3 is 5.11 Å². The molecular formula is C13H18N2O6S2. The van der Waals surface area contributed by atoms with Crippen LogP contribution in [-0.2, 0) is 24.8 Å². The van der Waals surface area contributed by atoms with Gasteiger partial charge in [-0.05, 0) is 25.0 Å². The normalized spacial score (nSPS) is 16.5. The molecule has 8 nitrogen and oxygen atoms in total. The van der Waals surface area contributed by atoms with E-state index >= 15 is 0 Å². The first-order chi connectivity index (χ1) is 10.7. The number of nitrogens with zero attached hydrogens (tertiary/aromatic N) is 1. The van der Waals surface area contributed by atoms with Crippen molar-refractivity contribution in [3.63, 3.8) is 0 Å². The van der Waals surface area contributed by atoms with Crippen LogP contribution in [0, 0.1) is 0 Å². The van der Waals surface area contributed by atoms with Crippen molar-refractivity contribution in [3.8, 4) is 0 Å². The maximum absolute atomic E-state index is 12.6. The van der Waals surface area contributed by atoms with Crippen LogP contribution in [0.3, 0.4) is 0 Å². The molecule has 0 saturated carbocycles. The predicted octanol–water partition coefficient (Wildman–Crippen LogP) is 0.224. The summed E-state index contributed by atoms with van der Waals surface area (Å²) in [6.45, 7) is 0.419. The van der Waals surface area contributed by atoms with E-state index in [4.69, 9.17) is 5.11 Å². The summed E-state index contributed by atoms with van der Waals surface area (Å²) in [6.07, 6.45) is 1.09. The molecule has 10 heteroatoms. The quantitative estimate of drug-likeness (QED) is 0.716. The number of carboxylic acid groups (broad SMARTS) is 1. The summed E-state index contributed by atoms with van der Waals surface area (Å²) in [7, 11) is -8.01. The summed E-state index contributed by atoms with van der Waals surface area (Å²) in [6, 6.07) is 5.33. The summed E-state index contributed by atoms with van der Waals surface area (Å²) in [5, 5.41) is 8.57. The van der Waals surface area contributed by atoms with Gasteiger partial charge >= 0.3 is 5.97 Å². The molecule has 0 radical (unpaired) electrons. The molecule has 1 aliphatic heterocycles. The van der Waals surface area contributed by atoms with Crippen molar-refractivity contribution in [2.75, 3.05) is 19.6 Å². The lowest BCUT2D eigenvalue weighted by Gasteiger charge is -2.18. The van der Waals surface area contributed by atoms with Crippen molar-refractivity contribution in [1.29, 1.82) is 0 Å². The highest BCUT2D eigenvalue weighted by molar-refractivity contribution is 7.92. The Morgan fingerprint density at radius 1 is 1.09 bits per heavy atom. The molecule has 0 spiro atoms. The minimum absolute atomic E-state index is 0.287. The average Bonchev–Trinajstić information content (AvgIpc) is 3.01. The number of nitrogens with one attached hydrogen (secondary N) is 1. The fourth-order valence-electron chi connectivity index (χ4n) is 2.32. The number of carboxylic acids is 1. The number of rotatable bonds is 7. The average molecular weight is 362 g/mol. The lowest BCUT2D eigenvalue weighted by atomic mass is 10.4. The Morgan fingerprint density at radius 2 is 1.65 bits per heavy atom. The Hall–Kier alpha value is -1.49. The number of sulfonamides is 2. The highest BCUT2D eigenvalue weighted by Crippen LogP contribution is 2.26. The van der Waals surface area contributed by atoms with Crippen LogP contribution in [0.25, 0.3) is 0 Å². The van der Waals surface area contributed by atoms with E-state index in [2.05, 4.69) is 4.72 Å². The lowest BCUT2D eigenvalue weighted by molar-refractivity contribution is -0.136. The van der Waals surface area contributed by atoms with Gasteiger partial charge in [0.05, 0.1) is 6.42 Å². The SMILES string of the molecule is O=C(O)CCNS(=O)(=O)c1ccccc1S(=O)(=O)N1CCCC1. The van der Waals surface area contributed by atoms with Crippen molar-refractivity contribution < 1.29 is 26.7 Å². The topological polar surface area (TPSA) is 121 Å². The molecule has 1 heterocycles. The monoisotopic (exact) mass is 362 g/mol. The molecule has 1 saturated heterocycles. The molecule has 1 aromatic carbocycles. The second-order valence-electron chi connectivity index (χ2n) is 5.10. The van der Waals surface area contributed by atoms with Gasteiger partial charge in [-0.2, -0.15) is 4.31 Å². The van der Waals surface area contributed by atoms with E-state index in [1.54, 1.807) is 0 Å². The first-order valence-corrected chi connectivity index (χ1v) is 9.98. The van der Waals surface area contributed by atoms with Gasteiger partial charge in [0.2, 0.25) is 20.0 Å². The van der Waals surface area contributed by atoms with E-state index in [-0.39, 0.29) is 22.8 Å². The highest BCUT2D eigenvalue weighted by atomic mass is 32.2.